The van der Waals surface area contributed by atoms with Crippen LogP contribution in [0.2, 0.25) is 0 Å². The van der Waals surface area contributed by atoms with Crippen molar-refractivity contribution in [3.05, 3.63) is 65.5 Å². The highest BCUT2D eigenvalue weighted by atomic mass is 19.1. The van der Waals surface area contributed by atoms with Gasteiger partial charge in [0.05, 0.1) is 18.6 Å². The van der Waals surface area contributed by atoms with Crippen LogP contribution < -0.4 is 14.4 Å². The third-order valence-corrected chi connectivity index (χ3v) is 6.15. The summed E-state index contributed by atoms with van der Waals surface area (Å²) in [5.74, 6) is 1.32. The van der Waals surface area contributed by atoms with Crippen LogP contribution >= 0.6 is 0 Å². The van der Waals surface area contributed by atoms with E-state index in [9.17, 15) is 9.50 Å². The number of aliphatic hydroxyl groups excluding tert-OH is 1. The lowest BCUT2D eigenvalue weighted by molar-refractivity contribution is 0.0856. The van der Waals surface area contributed by atoms with Crippen LogP contribution in [0, 0.1) is 5.82 Å². The molecule has 2 heterocycles. The quantitative estimate of drug-likeness (QED) is 0.824. The molecule has 5 heteroatoms. The molecular weight excluding hydrogens is 345 g/mol. The molecule has 3 aliphatic rings. The molecule has 0 aromatic heterocycles. The highest BCUT2D eigenvalue weighted by Gasteiger charge is 2.52. The van der Waals surface area contributed by atoms with E-state index in [2.05, 4.69) is 17.0 Å². The Kier molecular flexibility index (Phi) is 3.69. The summed E-state index contributed by atoms with van der Waals surface area (Å²) < 4.78 is 25.2. The van der Waals surface area contributed by atoms with Gasteiger partial charge in [0.15, 0.2) is 11.5 Å². The lowest BCUT2D eigenvalue weighted by atomic mass is 9.69. The number of hydrogen-bond donors (Lipinski definition) is 1. The largest absolute Gasteiger partial charge is 0.493 e. The van der Waals surface area contributed by atoms with Gasteiger partial charge in [-0.15, -0.1) is 0 Å². The van der Waals surface area contributed by atoms with Gasteiger partial charge in [0.2, 0.25) is 0 Å². The molecule has 2 aromatic carbocycles. The van der Waals surface area contributed by atoms with Gasteiger partial charge in [0, 0.05) is 30.8 Å². The van der Waals surface area contributed by atoms with Gasteiger partial charge in [-0.3, -0.25) is 0 Å². The molecule has 2 aromatic rings. The predicted octanol–water partition coefficient (Wildman–Crippen LogP) is 3.56. The van der Waals surface area contributed by atoms with Crippen molar-refractivity contribution < 1.29 is 19.0 Å². The van der Waals surface area contributed by atoms with Crippen molar-refractivity contribution >= 4 is 5.69 Å². The van der Waals surface area contributed by atoms with Crippen LogP contribution in [0.25, 0.3) is 0 Å². The maximum absolute atomic E-state index is 13.4. The fourth-order valence-electron chi connectivity index (χ4n) is 4.81. The molecule has 0 unspecified atom stereocenters. The van der Waals surface area contributed by atoms with Crippen molar-refractivity contribution in [1.29, 1.82) is 0 Å². The molecule has 0 fully saturated rings. The Bertz CT molecular complexity index is 911. The van der Waals surface area contributed by atoms with E-state index >= 15 is 0 Å². The second kappa shape index (κ2) is 5.99. The van der Waals surface area contributed by atoms with Crippen molar-refractivity contribution in [1.82, 2.24) is 0 Å². The standard InChI is InChI=1S/C22H22FNO3/c1-26-18-7-2-14-13-24(16-5-3-15(23)4-6-16)11-10-22-9-8-17(25)12-19(22)27-21(18)20(14)22/h2-9,17,19,25H,10-13H2,1H3/t17-,19-,22-/m0/s1. The van der Waals surface area contributed by atoms with Gasteiger partial charge >= 0.3 is 0 Å². The Hall–Kier alpha value is -2.53. The molecule has 0 saturated carbocycles. The van der Waals surface area contributed by atoms with E-state index in [1.165, 1.54) is 23.3 Å². The van der Waals surface area contributed by atoms with Crippen LogP contribution in [-0.4, -0.2) is 31.0 Å². The van der Waals surface area contributed by atoms with Crippen molar-refractivity contribution in [3.63, 3.8) is 0 Å². The van der Waals surface area contributed by atoms with Crippen LogP contribution in [-0.2, 0) is 12.0 Å². The molecule has 0 saturated heterocycles. The molecular formula is C22H22FNO3. The molecule has 1 spiro atoms. The van der Waals surface area contributed by atoms with Gasteiger partial charge in [-0.05, 0) is 42.3 Å². The maximum atomic E-state index is 13.4. The van der Waals surface area contributed by atoms with Gasteiger partial charge in [-0.1, -0.05) is 18.2 Å². The van der Waals surface area contributed by atoms with Crippen LogP contribution in [0.3, 0.4) is 0 Å². The molecule has 0 amide bonds. The van der Waals surface area contributed by atoms with E-state index in [4.69, 9.17) is 9.47 Å². The van der Waals surface area contributed by atoms with E-state index in [1.54, 1.807) is 7.11 Å². The SMILES string of the molecule is COc1ccc2c3c1O[C@H]1C[C@@H](O)C=C[C@@]31CCN(c1ccc(F)cc1)C2. The summed E-state index contributed by atoms with van der Waals surface area (Å²) in [6.45, 7) is 1.55. The number of benzene rings is 2. The van der Waals surface area contributed by atoms with Gasteiger partial charge < -0.3 is 19.5 Å². The number of ether oxygens (including phenoxy) is 2. The second-order valence-corrected chi connectivity index (χ2v) is 7.59. The minimum Gasteiger partial charge on any atom is -0.493 e. The lowest BCUT2D eigenvalue weighted by Gasteiger charge is -2.36. The molecule has 0 bridgehead atoms. The normalized spacial score (nSPS) is 28.2. The monoisotopic (exact) mass is 367 g/mol. The first-order valence-electron chi connectivity index (χ1n) is 9.36. The fraction of sp³-hybridized carbons (Fsp3) is 0.364. The average Bonchev–Trinajstić information content (AvgIpc) is 2.90. The molecule has 27 heavy (non-hydrogen) atoms. The van der Waals surface area contributed by atoms with Crippen LogP contribution in [0.1, 0.15) is 24.0 Å². The van der Waals surface area contributed by atoms with Crippen LogP contribution in [0.4, 0.5) is 10.1 Å². The summed E-state index contributed by atoms with van der Waals surface area (Å²) >= 11 is 0. The van der Waals surface area contributed by atoms with Crippen molar-refractivity contribution in [2.45, 2.75) is 37.0 Å². The Morgan fingerprint density at radius 1 is 1.22 bits per heavy atom. The number of methoxy groups -OCH3 is 1. The molecule has 140 valence electrons. The Morgan fingerprint density at radius 3 is 2.81 bits per heavy atom. The second-order valence-electron chi connectivity index (χ2n) is 7.59. The molecule has 3 atom stereocenters. The van der Waals surface area contributed by atoms with Gasteiger partial charge in [0.25, 0.3) is 0 Å². The van der Waals surface area contributed by atoms with Crippen molar-refractivity contribution in [3.8, 4) is 11.5 Å². The topological polar surface area (TPSA) is 41.9 Å². The maximum Gasteiger partial charge on any atom is 0.166 e. The molecule has 0 radical (unpaired) electrons. The highest BCUT2D eigenvalue weighted by Crippen LogP contribution is 2.55. The zero-order chi connectivity index (χ0) is 18.6. The first kappa shape index (κ1) is 16.6. The van der Waals surface area contributed by atoms with E-state index in [0.29, 0.717) is 6.42 Å². The summed E-state index contributed by atoms with van der Waals surface area (Å²) in [5.41, 5.74) is 3.12. The highest BCUT2D eigenvalue weighted by molar-refractivity contribution is 5.62. The Labute approximate surface area is 157 Å². The molecule has 2 aliphatic heterocycles. The number of nitrogens with zero attached hydrogens (tertiary/aromatic N) is 1. The van der Waals surface area contributed by atoms with Gasteiger partial charge in [0.1, 0.15) is 11.9 Å². The van der Waals surface area contributed by atoms with E-state index < -0.39 is 6.10 Å². The third kappa shape index (κ3) is 2.45. The zero-order valence-corrected chi connectivity index (χ0v) is 15.2. The molecule has 5 rings (SSSR count). The number of halogens is 1. The smallest absolute Gasteiger partial charge is 0.166 e. The minimum absolute atomic E-state index is 0.101. The summed E-state index contributed by atoms with van der Waals surface area (Å²) in [6, 6.07) is 10.7. The van der Waals surface area contributed by atoms with Gasteiger partial charge in [-0.2, -0.15) is 0 Å². The fourth-order valence-corrected chi connectivity index (χ4v) is 4.81. The summed E-state index contributed by atoms with van der Waals surface area (Å²) in [5, 5.41) is 10.1. The molecule has 4 nitrogen and oxygen atoms in total. The minimum atomic E-state index is -0.485. The lowest BCUT2D eigenvalue weighted by Crippen LogP contribution is -2.43. The van der Waals surface area contributed by atoms with E-state index in [0.717, 1.165) is 36.7 Å². The van der Waals surface area contributed by atoms with E-state index in [-0.39, 0.29) is 17.3 Å². The first-order valence-corrected chi connectivity index (χ1v) is 9.36. The number of aliphatic hydroxyl groups is 1. The number of rotatable bonds is 2. The summed E-state index contributed by atoms with van der Waals surface area (Å²) in [6.07, 6.45) is 4.88. The zero-order valence-electron chi connectivity index (χ0n) is 15.2. The van der Waals surface area contributed by atoms with Gasteiger partial charge in [-0.25, -0.2) is 4.39 Å². The van der Waals surface area contributed by atoms with Crippen LogP contribution in [0.5, 0.6) is 11.5 Å². The van der Waals surface area contributed by atoms with E-state index in [1.807, 2.05) is 24.3 Å². The Morgan fingerprint density at radius 2 is 2.04 bits per heavy atom. The Balaban J connectivity index is 1.64. The molecule has 1 aliphatic carbocycles. The average molecular weight is 367 g/mol. The third-order valence-electron chi connectivity index (χ3n) is 6.15. The predicted molar refractivity (Wildman–Crippen MR) is 101 cm³/mol. The molecule has 1 N–H and O–H groups in total. The summed E-state index contributed by atoms with van der Waals surface area (Å²) in [7, 11) is 1.66. The number of anilines is 1. The van der Waals surface area contributed by atoms with Crippen LogP contribution in [0.15, 0.2) is 48.6 Å². The van der Waals surface area contributed by atoms with Crippen molar-refractivity contribution in [2.24, 2.45) is 0 Å². The van der Waals surface area contributed by atoms with Crippen molar-refractivity contribution in [2.75, 3.05) is 18.6 Å². The number of hydrogen-bond acceptors (Lipinski definition) is 4. The summed E-state index contributed by atoms with van der Waals surface area (Å²) in [4.78, 5) is 2.28. The first-order chi connectivity index (χ1) is 13.1.